The molecule has 1 saturated carbocycles. The van der Waals surface area contributed by atoms with Gasteiger partial charge in [-0.1, -0.05) is 5.92 Å². The number of terminal acetylenes is 1. The first-order valence-electron chi connectivity index (χ1n) is 5.08. The third-order valence-electron chi connectivity index (χ3n) is 2.51. The second kappa shape index (κ2) is 4.31. The van der Waals surface area contributed by atoms with Gasteiger partial charge in [-0.05, 0) is 18.9 Å². The number of nitrogens with zero attached hydrogens (tertiary/aromatic N) is 2. The van der Waals surface area contributed by atoms with Gasteiger partial charge in [-0.2, -0.15) is 0 Å². The molecule has 16 heavy (non-hydrogen) atoms. The number of hydrogen-bond donors (Lipinski definition) is 0. The van der Waals surface area contributed by atoms with E-state index in [-0.39, 0.29) is 24.1 Å². The largest absolute Gasteiger partial charge is 0.324 e. The van der Waals surface area contributed by atoms with Crippen molar-refractivity contribution in [3.63, 3.8) is 0 Å². The first-order chi connectivity index (χ1) is 7.74. The number of carbonyl (C=O) groups is 1. The third-order valence-corrected chi connectivity index (χ3v) is 2.51. The number of rotatable bonds is 3. The molecule has 1 amide bonds. The standard InChI is InChI=1S/C12H11FN2O/c1-2-7-15(9-3-4-9)12(16)10-5-6-14-8-11(10)13/h1,5-6,8-9H,3-4,7H2. The maximum Gasteiger partial charge on any atom is 0.257 e. The lowest BCUT2D eigenvalue weighted by atomic mass is 10.2. The summed E-state index contributed by atoms with van der Waals surface area (Å²) in [6.45, 7) is 0.227. The van der Waals surface area contributed by atoms with E-state index in [4.69, 9.17) is 6.42 Å². The number of pyridine rings is 1. The second-order valence-electron chi connectivity index (χ2n) is 3.72. The van der Waals surface area contributed by atoms with Crippen LogP contribution >= 0.6 is 0 Å². The van der Waals surface area contributed by atoms with Crippen LogP contribution in [0.25, 0.3) is 0 Å². The Morgan fingerprint density at radius 2 is 2.44 bits per heavy atom. The van der Waals surface area contributed by atoms with E-state index in [1.807, 2.05) is 0 Å². The summed E-state index contributed by atoms with van der Waals surface area (Å²) in [4.78, 5) is 17.1. The van der Waals surface area contributed by atoms with Gasteiger partial charge in [-0.25, -0.2) is 4.39 Å². The van der Waals surface area contributed by atoms with Crippen LogP contribution in [0.3, 0.4) is 0 Å². The first kappa shape index (κ1) is 10.6. The van der Waals surface area contributed by atoms with Crippen LogP contribution < -0.4 is 0 Å². The van der Waals surface area contributed by atoms with Gasteiger partial charge in [-0.3, -0.25) is 9.78 Å². The number of amides is 1. The second-order valence-corrected chi connectivity index (χ2v) is 3.72. The zero-order valence-corrected chi connectivity index (χ0v) is 8.69. The highest BCUT2D eigenvalue weighted by Crippen LogP contribution is 2.28. The molecule has 0 spiro atoms. The zero-order chi connectivity index (χ0) is 11.5. The van der Waals surface area contributed by atoms with Crippen LogP contribution in [0, 0.1) is 18.2 Å². The Bertz CT molecular complexity index is 449. The summed E-state index contributed by atoms with van der Waals surface area (Å²) in [5, 5.41) is 0. The van der Waals surface area contributed by atoms with Crippen molar-refractivity contribution in [1.82, 2.24) is 9.88 Å². The van der Waals surface area contributed by atoms with Crippen LogP contribution in [-0.4, -0.2) is 28.4 Å². The minimum Gasteiger partial charge on any atom is -0.324 e. The average molecular weight is 218 g/mol. The maximum atomic E-state index is 13.4. The SMILES string of the molecule is C#CCN(C(=O)c1ccncc1F)C1CC1. The van der Waals surface area contributed by atoms with E-state index < -0.39 is 5.82 Å². The molecular formula is C12H11FN2O. The summed E-state index contributed by atoms with van der Waals surface area (Å²) in [5.41, 5.74) is 0.0390. The highest BCUT2D eigenvalue weighted by atomic mass is 19.1. The summed E-state index contributed by atoms with van der Waals surface area (Å²) >= 11 is 0. The van der Waals surface area contributed by atoms with Crippen molar-refractivity contribution in [2.75, 3.05) is 6.54 Å². The topological polar surface area (TPSA) is 33.2 Å². The van der Waals surface area contributed by atoms with Crippen molar-refractivity contribution in [3.8, 4) is 12.3 Å². The van der Waals surface area contributed by atoms with E-state index in [2.05, 4.69) is 10.9 Å². The van der Waals surface area contributed by atoms with Crippen molar-refractivity contribution in [3.05, 3.63) is 29.8 Å². The molecule has 0 radical (unpaired) electrons. The molecule has 0 atom stereocenters. The maximum absolute atomic E-state index is 13.4. The van der Waals surface area contributed by atoms with E-state index >= 15 is 0 Å². The predicted molar refractivity (Wildman–Crippen MR) is 57.1 cm³/mol. The monoisotopic (exact) mass is 218 g/mol. The lowest BCUT2D eigenvalue weighted by molar-refractivity contribution is 0.0761. The smallest absolute Gasteiger partial charge is 0.257 e. The molecule has 1 aromatic rings. The molecule has 1 aliphatic rings. The van der Waals surface area contributed by atoms with Crippen molar-refractivity contribution < 1.29 is 9.18 Å². The molecule has 0 unspecified atom stereocenters. The third kappa shape index (κ3) is 2.03. The number of aromatic nitrogens is 1. The quantitative estimate of drug-likeness (QED) is 0.719. The van der Waals surface area contributed by atoms with Gasteiger partial charge in [0.2, 0.25) is 0 Å². The van der Waals surface area contributed by atoms with Crippen LogP contribution in [-0.2, 0) is 0 Å². The van der Waals surface area contributed by atoms with Gasteiger partial charge in [-0.15, -0.1) is 6.42 Å². The molecule has 1 heterocycles. The van der Waals surface area contributed by atoms with Crippen LogP contribution in [0.1, 0.15) is 23.2 Å². The summed E-state index contributed by atoms with van der Waals surface area (Å²) in [6.07, 6.45) is 9.52. The van der Waals surface area contributed by atoms with Crippen LogP contribution in [0.2, 0.25) is 0 Å². The van der Waals surface area contributed by atoms with E-state index in [9.17, 15) is 9.18 Å². The van der Waals surface area contributed by atoms with Gasteiger partial charge in [0.05, 0.1) is 18.3 Å². The van der Waals surface area contributed by atoms with Gasteiger partial charge in [0.15, 0.2) is 5.82 Å². The van der Waals surface area contributed by atoms with E-state index in [1.54, 1.807) is 4.90 Å². The Labute approximate surface area is 93.3 Å². The van der Waals surface area contributed by atoms with Crippen molar-refractivity contribution in [2.24, 2.45) is 0 Å². The van der Waals surface area contributed by atoms with Gasteiger partial charge < -0.3 is 4.90 Å². The average Bonchev–Trinajstić information content (AvgIpc) is 3.09. The normalized spacial score (nSPS) is 14.2. The zero-order valence-electron chi connectivity index (χ0n) is 8.69. The Hall–Kier alpha value is -1.89. The Kier molecular flexibility index (Phi) is 2.86. The fraction of sp³-hybridized carbons (Fsp3) is 0.333. The van der Waals surface area contributed by atoms with Gasteiger partial charge in [0.25, 0.3) is 5.91 Å². The Morgan fingerprint density at radius 3 is 3.00 bits per heavy atom. The number of hydrogen-bond acceptors (Lipinski definition) is 2. The minimum atomic E-state index is -0.602. The fourth-order valence-electron chi connectivity index (χ4n) is 1.55. The van der Waals surface area contributed by atoms with E-state index in [1.165, 1.54) is 12.3 Å². The van der Waals surface area contributed by atoms with Crippen molar-refractivity contribution in [2.45, 2.75) is 18.9 Å². The molecule has 2 rings (SSSR count). The van der Waals surface area contributed by atoms with Gasteiger partial charge in [0.1, 0.15) is 0 Å². The van der Waals surface area contributed by atoms with Crippen LogP contribution in [0.15, 0.2) is 18.5 Å². The molecular weight excluding hydrogens is 207 g/mol. The molecule has 0 N–H and O–H groups in total. The predicted octanol–water partition coefficient (Wildman–Crippen LogP) is 1.46. The summed E-state index contributed by atoms with van der Waals surface area (Å²) in [6, 6.07) is 1.56. The molecule has 1 aromatic heterocycles. The molecule has 3 nitrogen and oxygen atoms in total. The Balaban J connectivity index is 2.23. The molecule has 1 aliphatic carbocycles. The van der Waals surface area contributed by atoms with Crippen LogP contribution in [0.4, 0.5) is 4.39 Å². The van der Waals surface area contributed by atoms with Crippen LogP contribution in [0.5, 0.6) is 0 Å². The van der Waals surface area contributed by atoms with Gasteiger partial charge in [0, 0.05) is 12.2 Å². The number of carbonyl (C=O) groups excluding carboxylic acids is 1. The molecule has 0 bridgehead atoms. The van der Waals surface area contributed by atoms with E-state index in [0.717, 1.165) is 19.0 Å². The highest BCUT2D eigenvalue weighted by molar-refractivity contribution is 5.94. The molecule has 0 aromatic carbocycles. The van der Waals surface area contributed by atoms with Gasteiger partial charge >= 0.3 is 0 Å². The fourth-order valence-corrected chi connectivity index (χ4v) is 1.55. The highest BCUT2D eigenvalue weighted by Gasteiger charge is 2.33. The number of halogens is 1. The van der Waals surface area contributed by atoms with E-state index in [0.29, 0.717) is 0 Å². The molecule has 82 valence electrons. The van der Waals surface area contributed by atoms with Crippen molar-refractivity contribution in [1.29, 1.82) is 0 Å². The molecule has 0 aliphatic heterocycles. The molecule has 4 heteroatoms. The lowest BCUT2D eigenvalue weighted by Crippen LogP contribution is -2.34. The lowest BCUT2D eigenvalue weighted by Gasteiger charge is -2.19. The molecule has 0 saturated heterocycles. The summed E-state index contributed by atoms with van der Waals surface area (Å²) < 4.78 is 13.4. The van der Waals surface area contributed by atoms with Crippen molar-refractivity contribution >= 4 is 5.91 Å². The Morgan fingerprint density at radius 1 is 1.69 bits per heavy atom. The first-order valence-corrected chi connectivity index (χ1v) is 5.08. The molecule has 1 fully saturated rings. The summed E-state index contributed by atoms with van der Waals surface area (Å²) in [5.74, 6) is 1.48. The summed E-state index contributed by atoms with van der Waals surface area (Å²) in [7, 11) is 0. The minimum absolute atomic E-state index is 0.0390.